The lowest BCUT2D eigenvalue weighted by Crippen LogP contribution is -2.46. The van der Waals surface area contributed by atoms with E-state index in [0.717, 1.165) is 122 Å². The maximum absolute atomic E-state index is 13.2. The molecule has 0 rings (SSSR count). The van der Waals surface area contributed by atoms with E-state index in [9.17, 15) is 19.8 Å². The van der Waals surface area contributed by atoms with Crippen molar-refractivity contribution in [2.45, 2.75) is 244 Å². The number of hydrogen-bond donors (Lipinski definition) is 3. The van der Waals surface area contributed by atoms with E-state index in [1.54, 1.807) is 0 Å². The predicted octanol–water partition coefficient (Wildman–Crippen LogP) is 15.2. The van der Waals surface area contributed by atoms with Gasteiger partial charge >= 0.3 is 5.97 Å². The van der Waals surface area contributed by atoms with E-state index in [0.29, 0.717) is 19.3 Å². The van der Waals surface area contributed by atoms with Gasteiger partial charge < -0.3 is 20.3 Å². The number of ether oxygens (including phenoxy) is 1. The van der Waals surface area contributed by atoms with Crippen LogP contribution in [0.2, 0.25) is 0 Å². The fourth-order valence-corrected chi connectivity index (χ4v) is 7.20. The van der Waals surface area contributed by atoms with Crippen LogP contribution in [-0.4, -0.2) is 46.9 Å². The summed E-state index contributed by atoms with van der Waals surface area (Å²) in [6.07, 6.45) is 62.1. The van der Waals surface area contributed by atoms with Gasteiger partial charge in [-0.25, -0.2) is 0 Å². The molecule has 0 aromatic rings. The van der Waals surface area contributed by atoms with Crippen LogP contribution in [0.4, 0.5) is 0 Å². The third kappa shape index (κ3) is 43.5. The Hall–Kier alpha value is -2.96. The van der Waals surface area contributed by atoms with Crippen LogP contribution >= 0.6 is 0 Å². The molecule has 0 aliphatic rings. The Bertz CT molecular complexity index is 1180. The molecule has 0 radical (unpaired) electrons. The summed E-state index contributed by atoms with van der Waals surface area (Å²) < 4.78 is 5.91. The molecule has 0 saturated carbocycles. The first kappa shape index (κ1) is 58.0. The predicted molar refractivity (Wildman–Crippen MR) is 264 cm³/mol. The number of unbranched alkanes of at least 4 members (excludes halogenated alkanes) is 18. The van der Waals surface area contributed by atoms with Crippen LogP contribution in [-0.2, 0) is 14.3 Å². The summed E-state index contributed by atoms with van der Waals surface area (Å²) in [5, 5.41) is 23.7. The van der Waals surface area contributed by atoms with Gasteiger partial charge in [-0.05, 0) is 96.3 Å². The number of carbonyl (C=O) groups excluding carboxylic acids is 2. The monoisotopic (exact) mass is 850 g/mol. The van der Waals surface area contributed by atoms with Crippen molar-refractivity contribution >= 4 is 11.9 Å². The number of allylic oxidation sites excluding steroid dienone is 14. The van der Waals surface area contributed by atoms with Crippen molar-refractivity contribution in [2.24, 2.45) is 0 Å². The third-order valence-corrected chi connectivity index (χ3v) is 11.0. The van der Waals surface area contributed by atoms with Gasteiger partial charge in [0.2, 0.25) is 5.91 Å². The van der Waals surface area contributed by atoms with Crippen molar-refractivity contribution in [1.82, 2.24) is 5.32 Å². The van der Waals surface area contributed by atoms with Gasteiger partial charge in [-0.2, -0.15) is 0 Å². The van der Waals surface area contributed by atoms with Gasteiger partial charge in [0.05, 0.1) is 25.2 Å². The van der Waals surface area contributed by atoms with E-state index >= 15 is 0 Å². The topological polar surface area (TPSA) is 95.9 Å². The molecule has 0 spiro atoms. The fraction of sp³-hybridized carbons (Fsp3) is 0.709. The SMILES string of the molecule is CC/C=C/C/C=C/C/C=C/C/C=C/CCCCCC(=O)OC(CCCCCC/C=C/C/C=C/C/C=C/CC)CC(=O)NC(CO)C(O)CCCCCCCCCCCCCC. The molecule has 3 atom stereocenters. The highest BCUT2D eigenvalue weighted by Crippen LogP contribution is 2.17. The van der Waals surface area contributed by atoms with Gasteiger partial charge in [0.1, 0.15) is 6.10 Å². The maximum atomic E-state index is 13.2. The first-order valence-corrected chi connectivity index (χ1v) is 25.3. The van der Waals surface area contributed by atoms with E-state index in [1.165, 1.54) is 57.8 Å². The summed E-state index contributed by atoms with van der Waals surface area (Å²) >= 11 is 0. The fourth-order valence-electron chi connectivity index (χ4n) is 7.20. The molecule has 6 heteroatoms. The second-order valence-corrected chi connectivity index (χ2v) is 16.8. The summed E-state index contributed by atoms with van der Waals surface area (Å²) in [6.45, 7) is 6.23. The molecule has 3 unspecified atom stereocenters. The van der Waals surface area contributed by atoms with Gasteiger partial charge in [-0.3, -0.25) is 9.59 Å². The zero-order chi connectivity index (χ0) is 44.5. The van der Waals surface area contributed by atoms with Crippen molar-refractivity contribution in [2.75, 3.05) is 6.61 Å². The molecule has 1 amide bonds. The molecule has 0 aromatic heterocycles. The zero-order valence-electron chi connectivity index (χ0n) is 39.8. The number of nitrogens with one attached hydrogen (secondary N) is 1. The highest BCUT2D eigenvalue weighted by molar-refractivity contribution is 5.77. The zero-order valence-corrected chi connectivity index (χ0v) is 39.8. The van der Waals surface area contributed by atoms with E-state index < -0.39 is 18.2 Å². The molecule has 0 heterocycles. The van der Waals surface area contributed by atoms with Gasteiger partial charge in [-0.1, -0.05) is 202 Å². The van der Waals surface area contributed by atoms with Crippen LogP contribution < -0.4 is 5.32 Å². The number of esters is 1. The number of carbonyl (C=O) groups is 2. The van der Waals surface area contributed by atoms with Gasteiger partial charge in [0.15, 0.2) is 0 Å². The van der Waals surface area contributed by atoms with Crippen LogP contribution in [0, 0.1) is 0 Å². The Labute approximate surface area is 376 Å². The van der Waals surface area contributed by atoms with Crippen LogP contribution in [0.1, 0.15) is 226 Å². The normalized spacial score (nSPS) is 14.0. The molecule has 6 nitrogen and oxygen atoms in total. The minimum atomic E-state index is -0.803. The Morgan fingerprint density at radius 3 is 1.34 bits per heavy atom. The van der Waals surface area contributed by atoms with Crippen molar-refractivity contribution in [3.63, 3.8) is 0 Å². The highest BCUT2D eigenvalue weighted by Gasteiger charge is 2.24. The standard InChI is InChI=1S/C55H95NO5/c1-4-7-10-13-16-19-22-25-27-28-30-33-36-39-42-45-48-55(60)61-51(46-43-40-37-34-31-29-26-23-20-17-14-11-8-5-2)49-54(59)56-52(50-57)53(58)47-44-41-38-35-32-24-21-18-15-12-9-6-3/h7-8,10-11,16-17,19-20,25-27,29-30,33,51-53,57-58H,4-6,9,12-15,18,21-24,28,31-32,34-50H2,1-3H3,(H,56,59)/b10-7+,11-8+,19-16+,20-17+,27-25+,29-26+,33-30+. The maximum Gasteiger partial charge on any atom is 0.306 e. The van der Waals surface area contributed by atoms with Crippen LogP contribution in [0.3, 0.4) is 0 Å². The van der Waals surface area contributed by atoms with E-state index in [-0.39, 0.29) is 24.9 Å². The molecule has 350 valence electrons. The Kier molecular flexibility index (Phi) is 45.7. The molecule has 3 N–H and O–H groups in total. The molecule has 0 fully saturated rings. The van der Waals surface area contributed by atoms with Gasteiger partial charge in [0.25, 0.3) is 0 Å². The largest absolute Gasteiger partial charge is 0.462 e. The third-order valence-electron chi connectivity index (χ3n) is 11.0. The summed E-state index contributed by atoms with van der Waals surface area (Å²) in [5.41, 5.74) is 0. The van der Waals surface area contributed by atoms with Crippen LogP contribution in [0.15, 0.2) is 85.1 Å². The number of hydrogen-bond acceptors (Lipinski definition) is 5. The highest BCUT2D eigenvalue weighted by atomic mass is 16.5. The lowest BCUT2D eigenvalue weighted by Gasteiger charge is -2.24. The first-order valence-electron chi connectivity index (χ1n) is 25.3. The van der Waals surface area contributed by atoms with E-state index in [1.807, 2.05) is 0 Å². The first-order chi connectivity index (χ1) is 30.0. The van der Waals surface area contributed by atoms with E-state index in [4.69, 9.17) is 4.74 Å². The molecular weight excluding hydrogens is 755 g/mol. The second-order valence-electron chi connectivity index (χ2n) is 16.8. The molecule has 0 aromatic carbocycles. The molecule has 0 bridgehead atoms. The van der Waals surface area contributed by atoms with E-state index in [2.05, 4.69) is 111 Å². The summed E-state index contributed by atoms with van der Waals surface area (Å²) in [4.78, 5) is 26.1. The second kappa shape index (κ2) is 48.1. The summed E-state index contributed by atoms with van der Waals surface area (Å²) in [5.74, 6) is -0.538. The molecule has 0 aliphatic carbocycles. The number of amides is 1. The minimum absolute atomic E-state index is 0.0455. The van der Waals surface area contributed by atoms with Crippen LogP contribution in [0.5, 0.6) is 0 Å². The quantitative estimate of drug-likeness (QED) is 0.0322. The molecule has 0 aliphatic heterocycles. The van der Waals surface area contributed by atoms with Gasteiger partial charge in [-0.15, -0.1) is 0 Å². The Morgan fingerprint density at radius 1 is 0.492 bits per heavy atom. The summed E-state index contributed by atoms with van der Waals surface area (Å²) in [6, 6.07) is -0.719. The lowest BCUT2D eigenvalue weighted by molar-refractivity contribution is -0.151. The average molecular weight is 850 g/mol. The average Bonchev–Trinajstić information content (AvgIpc) is 3.25. The summed E-state index contributed by atoms with van der Waals surface area (Å²) in [7, 11) is 0. The van der Waals surface area contributed by atoms with Crippen molar-refractivity contribution in [3.8, 4) is 0 Å². The number of rotatable bonds is 44. The smallest absolute Gasteiger partial charge is 0.306 e. The molecule has 0 saturated heterocycles. The number of aliphatic hydroxyl groups excluding tert-OH is 2. The van der Waals surface area contributed by atoms with Crippen LogP contribution in [0.25, 0.3) is 0 Å². The minimum Gasteiger partial charge on any atom is -0.462 e. The van der Waals surface area contributed by atoms with Gasteiger partial charge in [0, 0.05) is 6.42 Å². The van der Waals surface area contributed by atoms with Crippen molar-refractivity contribution in [3.05, 3.63) is 85.1 Å². The molecular formula is C55H95NO5. The lowest BCUT2D eigenvalue weighted by atomic mass is 10.0. The Morgan fingerprint density at radius 2 is 0.885 bits per heavy atom. The number of aliphatic hydroxyl groups is 2. The Balaban J connectivity index is 4.69. The molecule has 61 heavy (non-hydrogen) atoms. The van der Waals surface area contributed by atoms with Crippen molar-refractivity contribution in [1.29, 1.82) is 0 Å². The van der Waals surface area contributed by atoms with Crippen molar-refractivity contribution < 1.29 is 24.5 Å².